The van der Waals surface area contributed by atoms with Gasteiger partial charge in [-0.3, -0.25) is 4.79 Å². The maximum absolute atomic E-state index is 13.6. The Morgan fingerprint density at radius 3 is 2.75 bits per heavy atom. The van der Waals surface area contributed by atoms with Gasteiger partial charge in [-0.15, -0.1) is 0 Å². The van der Waals surface area contributed by atoms with E-state index in [-0.39, 0.29) is 5.56 Å². The van der Waals surface area contributed by atoms with Crippen LogP contribution >= 0.6 is 15.9 Å². The number of anilines is 2. The van der Waals surface area contributed by atoms with E-state index in [2.05, 4.69) is 21.2 Å². The molecule has 104 valence electrons. The summed E-state index contributed by atoms with van der Waals surface area (Å²) >= 11 is 3.20. The summed E-state index contributed by atoms with van der Waals surface area (Å²) in [4.78, 5) is 12.0. The van der Waals surface area contributed by atoms with E-state index in [1.807, 2.05) is 0 Å². The molecule has 1 amide bonds. The fourth-order valence-corrected chi connectivity index (χ4v) is 2.02. The van der Waals surface area contributed by atoms with Crippen LogP contribution in [0.3, 0.4) is 0 Å². The molecule has 4 nitrogen and oxygen atoms in total. The van der Waals surface area contributed by atoms with Crippen LogP contribution in [0.2, 0.25) is 0 Å². The van der Waals surface area contributed by atoms with Crippen molar-refractivity contribution in [3.05, 3.63) is 52.3 Å². The highest BCUT2D eigenvalue weighted by Gasteiger charge is 2.13. The lowest BCUT2D eigenvalue weighted by atomic mass is 10.2. The third kappa shape index (κ3) is 3.08. The molecule has 2 aromatic carbocycles. The molecule has 0 saturated heterocycles. The van der Waals surface area contributed by atoms with Gasteiger partial charge in [0.05, 0.1) is 18.4 Å². The maximum atomic E-state index is 13.6. The molecule has 0 aliphatic heterocycles. The van der Waals surface area contributed by atoms with Crippen molar-refractivity contribution >= 4 is 33.2 Å². The fraction of sp³-hybridized carbons (Fsp3) is 0.0714. The molecule has 0 aliphatic carbocycles. The van der Waals surface area contributed by atoms with Crippen molar-refractivity contribution in [2.75, 3.05) is 18.2 Å². The zero-order valence-electron chi connectivity index (χ0n) is 10.6. The van der Waals surface area contributed by atoms with Crippen molar-refractivity contribution in [1.29, 1.82) is 0 Å². The molecule has 20 heavy (non-hydrogen) atoms. The predicted molar refractivity (Wildman–Crippen MR) is 79.5 cm³/mol. The van der Waals surface area contributed by atoms with E-state index in [1.165, 1.54) is 25.3 Å². The third-order valence-corrected chi connectivity index (χ3v) is 3.16. The number of nitrogens with two attached hydrogens (primary N) is 1. The highest BCUT2D eigenvalue weighted by molar-refractivity contribution is 9.10. The summed E-state index contributed by atoms with van der Waals surface area (Å²) in [6, 6.07) is 8.96. The molecule has 6 heteroatoms. The molecule has 0 fully saturated rings. The Morgan fingerprint density at radius 1 is 1.30 bits per heavy atom. The lowest BCUT2D eigenvalue weighted by Crippen LogP contribution is -2.14. The molecule has 0 atom stereocenters. The van der Waals surface area contributed by atoms with E-state index in [0.717, 1.165) is 0 Å². The third-order valence-electron chi connectivity index (χ3n) is 2.66. The molecule has 3 N–H and O–H groups in total. The molecule has 0 radical (unpaired) electrons. The summed E-state index contributed by atoms with van der Waals surface area (Å²) in [5.41, 5.74) is 6.57. The average Bonchev–Trinajstić information content (AvgIpc) is 2.43. The summed E-state index contributed by atoms with van der Waals surface area (Å²) < 4.78 is 19.3. The highest BCUT2D eigenvalue weighted by atomic mass is 79.9. The Kier molecular flexibility index (Phi) is 4.24. The number of carbonyl (C=O) groups excluding carboxylic acids is 1. The largest absolute Gasteiger partial charge is 0.495 e. The highest BCUT2D eigenvalue weighted by Crippen LogP contribution is 2.25. The summed E-state index contributed by atoms with van der Waals surface area (Å²) in [5.74, 6) is -0.693. The van der Waals surface area contributed by atoms with Crippen molar-refractivity contribution in [2.24, 2.45) is 0 Å². The smallest absolute Gasteiger partial charge is 0.258 e. The molecule has 0 saturated carbocycles. The Balaban J connectivity index is 2.25. The number of ether oxygens (including phenoxy) is 1. The molecule has 0 bridgehead atoms. The van der Waals surface area contributed by atoms with Crippen LogP contribution in [0.25, 0.3) is 0 Å². The van der Waals surface area contributed by atoms with Crippen molar-refractivity contribution in [2.45, 2.75) is 0 Å². The van der Waals surface area contributed by atoms with Crippen LogP contribution in [-0.4, -0.2) is 13.0 Å². The van der Waals surface area contributed by atoms with Crippen LogP contribution in [0.5, 0.6) is 5.75 Å². The second-order valence-electron chi connectivity index (χ2n) is 4.04. The number of carbonyl (C=O) groups is 1. The molecule has 0 unspecified atom stereocenters. The van der Waals surface area contributed by atoms with Crippen molar-refractivity contribution < 1.29 is 13.9 Å². The monoisotopic (exact) mass is 338 g/mol. The van der Waals surface area contributed by atoms with E-state index in [4.69, 9.17) is 10.5 Å². The maximum Gasteiger partial charge on any atom is 0.258 e. The number of nitrogen functional groups attached to an aromatic ring is 1. The van der Waals surface area contributed by atoms with Crippen molar-refractivity contribution in [1.82, 2.24) is 0 Å². The lowest BCUT2D eigenvalue weighted by Gasteiger charge is -2.09. The summed E-state index contributed by atoms with van der Waals surface area (Å²) in [5, 5.41) is 2.59. The van der Waals surface area contributed by atoms with E-state index in [0.29, 0.717) is 21.6 Å². The lowest BCUT2D eigenvalue weighted by molar-refractivity contribution is 0.102. The second kappa shape index (κ2) is 5.92. The minimum Gasteiger partial charge on any atom is -0.495 e. The molecular weight excluding hydrogens is 327 g/mol. The minimum atomic E-state index is -0.590. The van der Waals surface area contributed by atoms with Gasteiger partial charge < -0.3 is 15.8 Å². The van der Waals surface area contributed by atoms with Crippen LogP contribution < -0.4 is 15.8 Å². The molecular formula is C14H12BrFN2O2. The number of halogens is 2. The SMILES string of the molecule is COc1cc(NC(=O)c2cc(Br)ccc2F)ccc1N. The van der Waals surface area contributed by atoms with Crippen LogP contribution in [0.1, 0.15) is 10.4 Å². The van der Waals surface area contributed by atoms with Crippen LogP contribution in [0.15, 0.2) is 40.9 Å². The standard InChI is InChI=1S/C14H12BrFN2O2/c1-20-13-7-9(3-5-12(13)17)18-14(19)10-6-8(15)2-4-11(10)16/h2-7H,17H2,1H3,(H,18,19). The van der Waals surface area contributed by atoms with Gasteiger partial charge in [0, 0.05) is 16.2 Å². The Labute approximate surface area is 123 Å². The summed E-state index contributed by atoms with van der Waals surface area (Å²) in [6.07, 6.45) is 0. The quantitative estimate of drug-likeness (QED) is 0.842. The van der Waals surface area contributed by atoms with Gasteiger partial charge in [-0.05, 0) is 30.3 Å². The van der Waals surface area contributed by atoms with Gasteiger partial charge in [0.2, 0.25) is 0 Å². The first kappa shape index (κ1) is 14.3. The number of nitrogens with one attached hydrogen (secondary N) is 1. The zero-order chi connectivity index (χ0) is 14.7. The van der Waals surface area contributed by atoms with E-state index in [9.17, 15) is 9.18 Å². The van der Waals surface area contributed by atoms with Crippen LogP contribution in [0, 0.1) is 5.82 Å². The first-order valence-corrected chi connectivity index (χ1v) is 6.50. The number of rotatable bonds is 3. The molecule has 2 aromatic rings. The Hall–Kier alpha value is -2.08. The van der Waals surface area contributed by atoms with Gasteiger partial charge in [-0.25, -0.2) is 4.39 Å². The Morgan fingerprint density at radius 2 is 2.05 bits per heavy atom. The van der Waals surface area contributed by atoms with Gasteiger partial charge in [0.25, 0.3) is 5.91 Å². The van der Waals surface area contributed by atoms with Gasteiger partial charge in [0.1, 0.15) is 11.6 Å². The minimum absolute atomic E-state index is 0.0461. The van der Waals surface area contributed by atoms with Crippen molar-refractivity contribution in [3.8, 4) is 5.75 Å². The van der Waals surface area contributed by atoms with Gasteiger partial charge in [-0.1, -0.05) is 15.9 Å². The predicted octanol–water partition coefficient (Wildman–Crippen LogP) is 3.43. The van der Waals surface area contributed by atoms with Gasteiger partial charge in [0.15, 0.2) is 0 Å². The first-order chi connectivity index (χ1) is 9.51. The number of benzene rings is 2. The average molecular weight is 339 g/mol. The summed E-state index contributed by atoms with van der Waals surface area (Å²) in [7, 11) is 1.48. The van der Waals surface area contributed by atoms with Crippen LogP contribution in [0.4, 0.5) is 15.8 Å². The van der Waals surface area contributed by atoms with Gasteiger partial charge in [-0.2, -0.15) is 0 Å². The molecule has 0 spiro atoms. The van der Waals surface area contributed by atoms with Gasteiger partial charge >= 0.3 is 0 Å². The van der Waals surface area contributed by atoms with Crippen molar-refractivity contribution in [3.63, 3.8) is 0 Å². The number of hydrogen-bond donors (Lipinski definition) is 2. The van der Waals surface area contributed by atoms with E-state index >= 15 is 0 Å². The van der Waals surface area contributed by atoms with E-state index < -0.39 is 11.7 Å². The molecule has 0 aliphatic rings. The normalized spacial score (nSPS) is 10.2. The number of methoxy groups -OCH3 is 1. The van der Waals surface area contributed by atoms with Crippen LogP contribution in [-0.2, 0) is 0 Å². The molecule has 0 heterocycles. The Bertz CT molecular complexity index is 662. The van der Waals surface area contributed by atoms with E-state index in [1.54, 1.807) is 18.2 Å². The second-order valence-corrected chi connectivity index (χ2v) is 4.95. The topological polar surface area (TPSA) is 64.3 Å². The summed E-state index contributed by atoms with van der Waals surface area (Å²) in [6.45, 7) is 0. The number of hydrogen-bond acceptors (Lipinski definition) is 3. The fourth-order valence-electron chi connectivity index (χ4n) is 1.66. The number of amides is 1. The molecule has 2 rings (SSSR count). The zero-order valence-corrected chi connectivity index (χ0v) is 12.2. The first-order valence-electron chi connectivity index (χ1n) is 5.71. The molecule has 0 aromatic heterocycles.